The molecule has 0 fully saturated rings. The fourth-order valence-electron chi connectivity index (χ4n) is 3.44. The first-order valence-corrected chi connectivity index (χ1v) is 10.8. The molecule has 9 heteroatoms. The van der Waals surface area contributed by atoms with Gasteiger partial charge in [0.2, 0.25) is 0 Å². The molecule has 0 spiro atoms. The number of furan rings is 1. The third-order valence-corrected chi connectivity index (χ3v) is 5.83. The van der Waals surface area contributed by atoms with Crippen LogP contribution in [0.2, 0.25) is 5.02 Å². The van der Waals surface area contributed by atoms with Crippen LogP contribution in [0.5, 0.6) is 0 Å². The highest BCUT2D eigenvalue weighted by molar-refractivity contribution is 9.10. The van der Waals surface area contributed by atoms with Crippen molar-refractivity contribution < 1.29 is 14.0 Å². The Morgan fingerprint density at radius 3 is 2.71 bits per heavy atom. The number of amides is 2. The molecule has 0 atom stereocenters. The van der Waals surface area contributed by atoms with E-state index in [1.807, 2.05) is 13.0 Å². The third kappa shape index (κ3) is 4.55. The summed E-state index contributed by atoms with van der Waals surface area (Å²) in [5.74, 6) is 0.538. The molecule has 1 aliphatic carbocycles. The fraction of sp³-hybridized carbons (Fsp3) is 0.182. The van der Waals surface area contributed by atoms with Gasteiger partial charge >= 0.3 is 0 Å². The van der Waals surface area contributed by atoms with E-state index in [0.29, 0.717) is 50.8 Å². The van der Waals surface area contributed by atoms with Crippen LogP contribution in [0.4, 0.5) is 5.82 Å². The van der Waals surface area contributed by atoms with Gasteiger partial charge in [-0.2, -0.15) is 5.10 Å². The summed E-state index contributed by atoms with van der Waals surface area (Å²) in [4.78, 5) is 29.3. The Balaban J connectivity index is 1.57. The highest BCUT2D eigenvalue weighted by Crippen LogP contribution is 2.30. The number of nitrogens with one attached hydrogen (secondary N) is 2. The van der Waals surface area contributed by atoms with Crippen LogP contribution >= 0.6 is 27.5 Å². The Morgan fingerprint density at radius 1 is 1.16 bits per heavy atom. The summed E-state index contributed by atoms with van der Waals surface area (Å²) >= 11 is 9.20. The van der Waals surface area contributed by atoms with Gasteiger partial charge in [-0.25, -0.2) is 10.4 Å². The molecule has 3 aromatic rings. The highest BCUT2D eigenvalue weighted by Gasteiger charge is 2.28. The van der Waals surface area contributed by atoms with Crippen molar-refractivity contribution in [2.24, 2.45) is 5.10 Å². The van der Waals surface area contributed by atoms with Crippen LogP contribution in [0.1, 0.15) is 50.6 Å². The minimum atomic E-state index is -0.404. The van der Waals surface area contributed by atoms with Crippen LogP contribution in [-0.2, 0) is 6.42 Å². The van der Waals surface area contributed by atoms with Crippen LogP contribution in [0.15, 0.2) is 56.6 Å². The number of hydrogen-bond acceptors (Lipinski definition) is 5. The molecule has 4 rings (SSSR count). The Bertz CT molecular complexity index is 1190. The minimum Gasteiger partial charge on any atom is -0.455 e. The fourth-order valence-corrected chi connectivity index (χ4v) is 4.02. The first-order chi connectivity index (χ1) is 14.9. The van der Waals surface area contributed by atoms with Gasteiger partial charge in [0.25, 0.3) is 11.8 Å². The summed E-state index contributed by atoms with van der Waals surface area (Å²) < 4.78 is 6.55. The number of carbonyl (C=O) groups excluding carboxylic acids is 2. The molecule has 2 amide bonds. The zero-order valence-electron chi connectivity index (χ0n) is 16.5. The molecule has 2 N–H and O–H groups in total. The molecule has 7 nitrogen and oxygen atoms in total. The molecule has 31 heavy (non-hydrogen) atoms. The number of fused-ring (bicyclic) bond motifs is 1. The zero-order valence-corrected chi connectivity index (χ0v) is 18.9. The maximum absolute atomic E-state index is 12.7. The number of nitrogens with zero attached hydrogens (tertiary/aromatic N) is 2. The lowest BCUT2D eigenvalue weighted by molar-refractivity contribution is 0.0952. The van der Waals surface area contributed by atoms with Crippen molar-refractivity contribution in [1.82, 2.24) is 10.4 Å². The van der Waals surface area contributed by atoms with Crippen LogP contribution in [0.3, 0.4) is 0 Å². The number of pyridine rings is 1. The van der Waals surface area contributed by atoms with Gasteiger partial charge in [-0.1, -0.05) is 23.7 Å². The predicted octanol–water partition coefficient (Wildman–Crippen LogP) is 5.12. The highest BCUT2D eigenvalue weighted by atomic mass is 79.9. The van der Waals surface area contributed by atoms with Gasteiger partial charge in [-0.3, -0.25) is 9.59 Å². The zero-order chi connectivity index (χ0) is 22.0. The largest absolute Gasteiger partial charge is 0.455 e. The summed E-state index contributed by atoms with van der Waals surface area (Å²) in [6, 6.07) is 10.4. The molecule has 0 saturated heterocycles. The molecule has 0 unspecified atom stereocenters. The van der Waals surface area contributed by atoms with Gasteiger partial charge in [-0.15, -0.1) is 0 Å². The molecule has 1 aliphatic rings. The average Bonchev–Trinajstić information content (AvgIpc) is 3.11. The molecule has 0 aliphatic heterocycles. The van der Waals surface area contributed by atoms with Crippen molar-refractivity contribution in [3.05, 3.63) is 80.3 Å². The molecule has 2 aromatic heterocycles. The normalized spacial score (nSPS) is 14.2. The minimum absolute atomic E-state index is 0.202. The summed E-state index contributed by atoms with van der Waals surface area (Å²) in [5, 5.41) is 7.54. The number of halogens is 2. The van der Waals surface area contributed by atoms with E-state index in [1.165, 1.54) is 6.20 Å². The maximum Gasteiger partial charge on any atom is 0.292 e. The lowest BCUT2D eigenvalue weighted by atomic mass is 9.93. The molecular weight excluding hydrogens is 484 g/mol. The Morgan fingerprint density at radius 2 is 1.97 bits per heavy atom. The monoisotopic (exact) mass is 500 g/mol. The Labute approximate surface area is 192 Å². The van der Waals surface area contributed by atoms with E-state index >= 15 is 0 Å². The summed E-state index contributed by atoms with van der Waals surface area (Å²) in [6.45, 7) is 1.81. The molecule has 2 heterocycles. The molecule has 0 radical (unpaired) electrons. The second-order valence-corrected chi connectivity index (χ2v) is 8.29. The Hall–Kier alpha value is -2.97. The van der Waals surface area contributed by atoms with Crippen molar-refractivity contribution in [1.29, 1.82) is 0 Å². The standard InChI is InChI=1S/C22H18BrClN4O3/c1-12-19-16(27-28-21(29)14-5-2-3-6-15(14)23)7-4-8-17(19)31-20(12)22(30)26-18-10-9-13(24)11-25-18/h2-3,5-6,9-11H,4,7-8H2,1H3,(H,28,29)(H,25,26,30)/b27-16+. The van der Waals surface area contributed by atoms with E-state index in [2.05, 4.69) is 36.8 Å². The SMILES string of the molecule is Cc1c(C(=O)Nc2ccc(Cl)cn2)oc2c1/C(=N/NC(=O)c1ccccc1Br)CCC2. The number of aromatic nitrogens is 1. The first kappa shape index (κ1) is 21.3. The van der Waals surface area contributed by atoms with Crippen LogP contribution in [0.25, 0.3) is 0 Å². The van der Waals surface area contributed by atoms with Crippen LogP contribution < -0.4 is 10.7 Å². The number of hydrazone groups is 1. The number of carbonyl (C=O) groups is 2. The summed E-state index contributed by atoms with van der Waals surface area (Å²) in [6.07, 6.45) is 3.63. The first-order valence-electron chi connectivity index (χ1n) is 9.61. The van der Waals surface area contributed by atoms with E-state index in [-0.39, 0.29) is 11.7 Å². The molecule has 158 valence electrons. The smallest absolute Gasteiger partial charge is 0.292 e. The summed E-state index contributed by atoms with van der Waals surface area (Å²) in [5.41, 5.74) is 5.24. The number of aryl methyl sites for hydroxylation is 1. The quantitative estimate of drug-likeness (QED) is 0.485. The van der Waals surface area contributed by atoms with E-state index in [0.717, 1.165) is 12.0 Å². The summed E-state index contributed by atoms with van der Waals surface area (Å²) in [7, 11) is 0. The van der Waals surface area contributed by atoms with E-state index in [4.69, 9.17) is 16.0 Å². The number of hydrogen-bond donors (Lipinski definition) is 2. The van der Waals surface area contributed by atoms with Gasteiger partial charge in [0.15, 0.2) is 5.76 Å². The molecule has 0 saturated carbocycles. The van der Waals surface area contributed by atoms with E-state index < -0.39 is 5.91 Å². The van der Waals surface area contributed by atoms with Gasteiger partial charge in [0, 0.05) is 28.2 Å². The molecule has 1 aromatic carbocycles. The van der Waals surface area contributed by atoms with Gasteiger partial charge in [0.05, 0.1) is 16.3 Å². The number of benzene rings is 1. The van der Waals surface area contributed by atoms with Gasteiger partial charge < -0.3 is 9.73 Å². The lowest BCUT2D eigenvalue weighted by Gasteiger charge is -2.13. The van der Waals surface area contributed by atoms with Crippen molar-refractivity contribution in [3.63, 3.8) is 0 Å². The van der Waals surface area contributed by atoms with Crippen LogP contribution in [0, 0.1) is 6.92 Å². The van der Waals surface area contributed by atoms with Crippen molar-refractivity contribution >= 4 is 50.9 Å². The predicted molar refractivity (Wildman–Crippen MR) is 122 cm³/mol. The Kier molecular flexibility index (Phi) is 6.20. The van der Waals surface area contributed by atoms with Crippen molar-refractivity contribution in [2.75, 3.05) is 5.32 Å². The second kappa shape index (κ2) is 9.03. The van der Waals surface area contributed by atoms with Crippen LogP contribution in [-0.4, -0.2) is 22.5 Å². The molecule has 0 bridgehead atoms. The molecular formula is C22H18BrClN4O3. The van der Waals surface area contributed by atoms with E-state index in [1.54, 1.807) is 30.3 Å². The lowest BCUT2D eigenvalue weighted by Crippen LogP contribution is -2.22. The van der Waals surface area contributed by atoms with Crippen molar-refractivity contribution in [3.8, 4) is 0 Å². The average molecular weight is 502 g/mol. The maximum atomic E-state index is 12.7. The van der Waals surface area contributed by atoms with E-state index in [9.17, 15) is 9.59 Å². The second-order valence-electron chi connectivity index (χ2n) is 7.00. The topological polar surface area (TPSA) is 96.6 Å². The number of anilines is 1. The van der Waals surface area contributed by atoms with Crippen molar-refractivity contribution in [2.45, 2.75) is 26.2 Å². The number of rotatable bonds is 4. The van der Waals surface area contributed by atoms with Gasteiger partial charge in [-0.05, 0) is 60.0 Å². The van der Waals surface area contributed by atoms with Gasteiger partial charge in [0.1, 0.15) is 11.6 Å². The third-order valence-electron chi connectivity index (χ3n) is 4.91.